The third-order valence-corrected chi connectivity index (χ3v) is 2.95. The van der Waals surface area contributed by atoms with Gasteiger partial charge in [-0.2, -0.15) is 0 Å². The van der Waals surface area contributed by atoms with Gasteiger partial charge in [0, 0.05) is 29.7 Å². The van der Waals surface area contributed by atoms with E-state index in [1.165, 1.54) is 0 Å². The fourth-order valence-corrected chi connectivity index (χ4v) is 1.87. The summed E-state index contributed by atoms with van der Waals surface area (Å²) < 4.78 is 6.48. The largest absolute Gasteiger partial charge is 0.481 e. The SMILES string of the molecule is C#CCOc1ccc(Br)cc1CNCC(C)CO. The Hall–Kier alpha value is -1.02. The molecule has 0 fully saturated rings. The number of terminal acetylenes is 1. The van der Waals surface area contributed by atoms with Gasteiger partial charge in [-0.3, -0.25) is 0 Å². The zero-order valence-electron chi connectivity index (χ0n) is 10.4. The van der Waals surface area contributed by atoms with Crippen molar-refractivity contribution in [1.82, 2.24) is 5.32 Å². The van der Waals surface area contributed by atoms with Crippen LogP contribution in [0, 0.1) is 18.3 Å². The Bertz CT molecular complexity index is 415. The molecule has 1 rings (SSSR count). The summed E-state index contributed by atoms with van der Waals surface area (Å²) in [5, 5.41) is 12.2. The Balaban J connectivity index is 2.61. The van der Waals surface area contributed by atoms with Crippen LogP contribution in [-0.4, -0.2) is 24.9 Å². The van der Waals surface area contributed by atoms with Gasteiger partial charge in [0.1, 0.15) is 12.4 Å². The lowest BCUT2D eigenvalue weighted by molar-refractivity contribution is 0.233. The van der Waals surface area contributed by atoms with Crippen molar-refractivity contribution in [3.8, 4) is 18.1 Å². The first-order valence-corrected chi connectivity index (χ1v) is 6.63. The third-order valence-electron chi connectivity index (χ3n) is 2.45. The molecule has 2 N–H and O–H groups in total. The molecule has 0 aliphatic carbocycles. The lowest BCUT2D eigenvalue weighted by Gasteiger charge is -2.13. The minimum atomic E-state index is 0.186. The molecule has 18 heavy (non-hydrogen) atoms. The second-order valence-electron chi connectivity index (χ2n) is 4.16. The Morgan fingerprint density at radius 2 is 2.33 bits per heavy atom. The molecule has 1 aromatic carbocycles. The van der Waals surface area contributed by atoms with Crippen LogP contribution in [0.2, 0.25) is 0 Å². The van der Waals surface area contributed by atoms with Gasteiger partial charge in [-0.05, 0) is 24.1 Å². The molecule has 0 aliphatic heterocycles. The highest BCUT2D eigenvalue weighted by Crippen LogP contribution is 2.23. The molecular formula is C14H18BrNO2. The molecule has 3 nitrogen and oxygen atoms in total. The smallest absolute Gasteiger partial charge is 0.148 e. The average molecular weight is 312 g/mol. The Morgan fingerprint density at radius 1 is 1.56 bits per heavy atom. The number of aliphatic hydroxyl groups is 1. The van der Waals surface area contributed by atoms with Crippen LogP contribution in [-0.2, 0) is 6.54 Å². The summed E-state index contributed by atoms with van der Waals surface area (Å²) in [5.41, 5.74) is 1.05. The van der Waals surface area contributed by atoms with E-state index in [1.807, 2.05) is 25.1 Å². The minimum absolute atomic E-state index is 0.186. The van der Waals surface area contributed by atoms with Gasteiger partial charge < -0.3 is 15.2 Å². The molecule has 0 saturated carbocycles. The summed E-state index contributed by atoms with van der Waals surface area (Å²) in [6, 6.07) is 5.82. The molecule has 0 saturated heterocycles. The summed E-state index contributed by atoms with van der Waals surface area (Å²) in [7, 11) is 0. The molecule has 1 unspecified atom stereocenters. The normalized spacial score (nSPS) is 11.9. The lowest BCUT2D eigenvalue weighted by Crippen LogP contribution is -2.23. The zero-order valence-corrected chi connectivity index (χ0v) is 12.0. The number of rotatable bonds is 7. The average Bonchev–Trinajstić information content (AvgIpc) is 2.37. The van der Waals surface area contributed by atoms with E-state index >= 15 is 0 Å². The summed E-state index contributed by atoms with van der Waals surface area (Å²) in [5.74, 6) is 3.49. The van der Waals surface area contributed by atoms with Gasteiger partial charge in [0.15, 0.2) is 0 Å². The molecule has 0 bridgehead atoms. The number of ether oxygens (including phenoxy) is 1. The van der Waals surface area contributed by atoms with Gasteiger partial charge in [0.2, 0.25) is 0 Å². The number of halogens is 1. The van der Waals surface area contributed by atoms with Gasteiger partial charge in [-0.25, -0.2) is 0 Å². The van der Waals surface area contributed by atoms with Crippen LogP contribution in [0.4, 0.5) is 0 Å². The molecule has 4 heteroatoms. The van der Waals surface area contributed by atoms with Crippen LogP contribution in [0.3, 0.4) is 0 Å². The molecule has 0 aliphatic rings. The number of aliphatic hydroxyl groups excluding tert-OH is 1. The van der Waals surface area contributed by atoms with Crippen molar-refractivity contribution in [3.63, 3.8) is 0 Å². The molecule has 0 radical (unpaired) electrons. The number of hydrogen-bond donors (Lipinski definition) is 2. The van der Waals surface area contributed by atoms with E-state index in [0.29, 0.717) is 6.54 Å². The maximum Gasteiger partial charge on any atom is 0.148 e. The summed E-state index contributed by atoms with van der Waals surface area (Å²) >= 11 is 3.44. The van der Waals surface area contributed by atoms with Crippen molar-refractivity contribution >= 4 is 15.9 Å². The fraction of sp³-hybridized carbons (Fsp3) is 0.429. The maximum absolute atomic E-state index is 8.95. The van der Waals surface area contributed by atoms with Crippen LogP contribution in [0.1, 0.15) is 12.5 Å². The van der Waals surface area contributed by atoms with Crippen molar-refractivity contribution in [2.75, 3.05) is 19.8 Å². The van der Waals surface area contributed by atoms with Crippen molar-refractivity contribution in [2.24, 2.45) is 5.92 Å². The van der Waals surface area contributed by atoms with E-state index < -0.39 is 0 Å². The molecular weight excluding hydrogens is 294 g/mol. The van der Waals surface area contributed by atoms with Crippen molar-refractivity contribution < 1.29 is 9.84 Å². The highest BCUT2D eigenvalue weighted by Gasteiger charge is 2.05. The van der Waals surface area contributed by atoms with E-state index in [0.717, 1.165) is 22.3 Å². The molecule has 0 spiro atoms. The molecule has 1 atom stereocenters. The van der Waals surface area contributed by atoms with Crippen LogP contribution in [0.15, 0.2) is 22.7 Å². The molecule has 0 amide bonds. The Labute approximate surface area is 117 Å². The highest BCUT2D eigenvalue weighted by atomic mass is 79.9. The van der Waals surface area contributed by atoms with Crippen molar-refractivity contribution in [2.45, 2.75) is 13.5 Å². The van der Waals surface area contributed by atoms with Gasteiger partial charge in [0.05, 0.1) is 0 Å². The van der Waals surface area contributed by atoms with Gasteiger partial charge in [-0.1, -0.05) is 28.8 Å². The standard InChI is InChI=1S/C14H18BrNO2/c1-3-6-18-14-5-4-13(15)7-12(14)9-16-8-11(2)10-17/h1,4-5,7,11,16-17H,6,8-10H2,2H3. The fourth-order valence-electron chi connectivity index (χ4n) is 1.46. The molecule has 0 heterocycles. The predicted molar refractivity (Wildman–Crippen MR) is 76.4 cm³/mol. The van der Waals surface area contributed by atoms with E-state index in [4.69, 9.17) is 16.3 Å². The van der Waals surface area contributed by atoms with Crippen LogP contribution in [0.25, 0.3) is 0 Å². The van der Waals surface area contributed by atoms with Gasteiger partial charge in [0.25, 0.3) is 0 Å². The van der Waals surface area contributed by atoms with Gasteiger partial charge in [-0.15, -0.1) is 6.42 Å². The number of benzene rings is 1. The third kappa shape index (κ3) is 5.09. The van der Waals surface area contributed by atoms with Gasteiger partial charge >= 0.3 is 0 Å². The molecule has 98 valence electrons. The van der Waals surface area contributed by atoms with Crippen LogP contribution in [0.5, 0.6) is 5.75 Å². The summed E-state index contributed by atoms with van der Waals surface area (Å²) in [6.07, 6.45) is 5.19. The second kappa shape index (κ2) is 8.15. The Morgan fingerprint density at radius 3 is 3.00 bits per heavy atom. The number of hydrogen-bond acceptors (Lipinski definition) is 3. The Kier molecular flexibility index (Phi) is 6.81. The zero-order chi connectivity index (χ0) is 13.4. The quantitative estimate of drug-likeness (QED) is 0.758. The molecule has 0 aromatic heterocycles. The van der Waals surface area contributed by atoms with Crippen molar-refractivity contribution in [3.05, 3.63) is 28.2 Å². The van der Waals surface area contributed by atoms with E-state index in [1.54, 1.807) is 0 Å². The van der Waals surface area contributed by atoms with E-state index in [-0.39, 0.29) is 19.1 Å². The maximum atomic E-state index is 8.95. The van der Waals surface area contributed by atoms with E-state index in [9.17, 15) is 0 Å². The predicted octanol–water partition coefficient (Wildman–Crippen LogP) is 2.18. The topological polar surface area (TPSA) is 41.5 Å². The first-order chi connectivity index (χ1) is 8.67. The monoisotopic (exact) mass is 311 g/mol. The first kappa shape index (κ1) is 15.0. The number of nitrogens with one attached hydrogen (secondary N) is 1. The molecule has 1 aromatic rings. The minimum Gasteiger partial charge on any atom is -0.481 e. The summed E-state index contributed by atoms with van der Waals surface area (Å²) in [4.78, 5) is 0. The van der Waals surface area contributed by atoms with Crippen LogP contribution >= 0.6 is 15.9 Å². The highest BCUT2D eigenvalue weighted by molar-refractivity contribution is 9.10. The first-order valence-electron chi connectivity index (χ1n) is 5.83. The summed E-state index contributed by atoms with van der Waals surface area (Å²) in [6.45, 7) is 3.89. The van der Waals surface area contributed by atoms with Crippen LogP contribution < -0.4 is 10.1 Å². The lowest BCUT2D eigenvalue weighted by atomic mass is 10.1. The second-order valence-corrected chi connectivity index (χ2v) is 5.08. The van der Waals surface area contributed by atoms with E-state index in [2.05, 4.69) is 27.2 Å². The van der Waals surface area contributed by atoms with Crippen molar-refractivity contribution in [1.29, 1.82) is 0 Å².